The van der Waals surface area contributed by atoms with Crippen molar-refractivity contribution < 1.29 is 19.0 Å². The number of morpholine rings is 1. The molecule has 0 bridgehead atoms. The van der Waals surface area contributed by atoms with Crippen LogP contribution in [0.3, 0.4) is 0 Å². The Morgan fingerprint density at radius 3 is 2.91 bits per heavy atom. The van der Waals surface area contributed by atoms with Crippen molar-refractivity contribution in [3.63, 3.8) is 0 Å². The van der Waals surface area contributed by atoms with Gasteiger partial charge in [-0.25, -0.2) is 9.78 Å². The van der Waals surface area contributed by atoms with Crippen LogP contribution in [-0.2, 0) is 9.47 Å². The lowest BCUT2D eigenvalue weighted by Gasteiger charge is -2.28. The van der Waals surface area contributed by atoms with Crippen LogP contribution in [0, 0.1) is 6.92 Å². The van der Waals surface area contributed by atoms with E-state index in [0.717, 1.165) is 18.9 Å². The number of carbonyl (C=O) groups is 1. The predicted molar refractivity (Wildman–Crippen MR) is 80.3 cm³/mol. The maximum Gasteiger partial charge on any atom is 0.407 e. The topological polar surface area (TPSA) is 85.8 Å². The zero-order valence-electron chi connectivity index (χ0n) is 13.0. The van der Waals surface area contributed by atoms with Crippen LogP contribution in [0.4, 0.5) is 10.6 Å². The number of anilines is 1. The minimum Gasteiger partial charge on any atom is -0.476 e. The first-order chi connectivity index (χ1) is 10.7. The Kier molecular flexibility index (Phi) is 6.20. The monoisotopic (exact) mass is 310 g/mol. The largest absolute Gasteiger partial charge is 0.476 e. The van der Waals surface area contributed by atoms with Gasteiger partial charge in [-0.2, -0.15) is 4.98 Å². The molecule has 122 valence electrons. The van der Waals surface area contributed by atoms with Gasteiger partial charge in [0.05, 0.1) is 26.4 Å². The number of aryl methyl sites for hydroxylation is 1. The number of amides is 1. The van der Waals surface area contributed by atoms with Crippen LogP contribution in [0.1, 0.15) is 12.7 Å². The van der Waals surface area contributed by atoms with Crippen LogP contribution in [0.5, 0.6) is 5.88 Å². The first-order valence-corrected chi connectivity index (χ1v) is 7.41. The van der Waals surface area contributed by atoms with Crippen LogP contribution < -0.4 is 15.0 Å². The van der Waals surface area contributed by atoms with Crippen molar-refractivity contribution in [3.05, 3.63) is 11.9 Å². The number of hydrogen-bond donors (Lipinski definition) is 1. The molecule has 0 radical (unpaired) electrons. The number of aromatic nitrogens is 2. The van der Waals surface area contributed by atoms with Gasteiger partial charge in [0, 0.05) is 19.2 Å². The molecule has 1 aliphatic rings. The molecule has 2 heterocycles. The lowest BCUT2D eigenvalue weighted by atomic mass is 10.4. The van der Waals surface area contributed by atoms with E-state index >= 15 is 0 Å². The summed E-state index contributed by atoms with van der Waals surface area (Å²) in [4.78, 5) is 22.0. The van der Waals surface area contributed by atoms with Gasteiger partial charge in [-0.15, -0.1) is 0 Å². The molecule has 1 saturated heterocycles. The summed E-state index contributed by atoms with van der Waals surface area (Å²) < 4.78 is 15.7. The smallest absolute Gasteiger partial charge is 0.407 e. The Bertz CT molecular complexity index is 492. The molecule has 1 aliphatic heterocycles. The highest BCUT2D eigenvalue weighted by molar-refractivity contribution is 5.66. The van der Waals surface area contributed by atoms with Gasteiger partial charge in [0.2, 0.25) is 5.88 Å². The van der Waals surface area contributed by atoms with E-state index in [1.54, 1.807) is 6.92 Å². The highest BCUT2D eigenvalue weighted by Gasteiger charge is 2.14. The summed E-state index contributed by atoms with van der Waals surface area (Å²) in [5.41, 5.74) is 0. The van der Waals surface area contributed by atoms with E-state index in [0.29, 0.717) is 44.7 Å². The van der Waals surface area contributed by atoms with E-state index < -0.39 is 6.09 Å². The van der Waals surface area contributed by atoms with E-state index in [2.05, 4.69) is 20.2 Å². The van der Waals surface area contributed by atoms with E-state index in [4.69, 9.17) is 14.2 Å². The van der Waals surface area contributed by atoms with E-state index in [9.17, 15) is 4.79 Å². The van der Waals surface area contributed by atoms with Gasteiger partial charge < -0.3 is 24.4 Å². The van der Waals surface area contributed by atoms with Crippen LogP contribution >= 0.6 is 0 Å². The van der Waals surface area contributed by atoms with Crippen LogP contribution in [0.2, 0.25) is 0 Å². The lowest BCUT2D eigenvalue weighted by Crippen LogP contribution is -2.37. The summed E-state index contributed by atoms with van der Waals surface area (Å²) >= 11 is 0. The van der Waals surface area contributed by atoms with Gasteiger partial charge in [0.25, 0.3) is 0 Å². The number of nitrogens with one attached hydrogen (secondary N) is 1. The fraction of sp³-hybridized carbons (Fsp3) is 0.643. The second-order valence-electron chi connectivity index (χ2n) is 4.71. The standard InChI is InChI=1S/C14H22N4O4/c1-3-21-14(19)15-4-7-22-13-10-12(16-11(2)17-13)18-5-8-20-9-6-18/h10H,3-9H2,1-2H3,(H,15,19). The minimum atomic E-state index is -0.445. The average molecular weight is 310 g/mol. The van der Waals surface area contributed by atoms with Crippen molar-refractivity contribution in [2.75, 3.05) is 51.0 Å². The fourth-order valence-electron chi connectivity index (χ4n) is 2.04. The molecule has 0 spiro atoms. The second-order valence-corrected chi connectivity index (χ2v) is 4.71. The molecule has 0 atom stereocenters. The quantitative estimate of drug-likeness (QED) is 0.776. The summed E-state index contributed by atoms with van der Waals surface area (Å²) in [5, 5.41) is 2.59. The second kappa shape index (κ2) is 8.38. The molecule has 1 aromatic rings. The Morgan fingerprint density at radius 1 is 1.41 bits per heavy atom. The van der Waals surface area contributed by atoms with Gasteiger partial charge in [-0.3, -0.25) is 0 Å². The first kappa shape index (κ1) is 16.3. The Morgan fingerprint density at radius 2 is 2.18 bits per heavy atom. The molecule has 1 fully saturated rings. The van der Waals surface area contributed by atoms with Crippen LogP contribution in [0.15, 0.2) is 6.07 Å². The van der Waals surface area contributed by atoms with Crippen molar-refractivity contribution in [3.8, 4) is 5.88 Å². The Labute approximate surface area is 129 Å². The maximum atomic E-state index is 11.1. The zero-order valence-corrected chi connectivity index (χ0v) is 13.0. The molecule has 1 amide bonds. The molecule has 0 aliphatic carbocycles. The third-order valence-corrected chi connectivity index (χ3v) is 3.03. The molecule has 8 nitrogen and oxygen atoms in total. The average Bonchev–Trinajstić information content (AvgIpc) is 2.52. The summed E-state index contributed by atoms with van der Waals surface area (Å²) in [7, 11) is 0. The first-order valence-electron chi connectivity index (χ1n) is 7.41. The zero-order chi connectivity index (χ0) is 15.8. The van der Waals surface area contributed by atoms with Gasteiger partial charge in [-0.1, -0.05) is 0 Å². The van der Waals surface area contributed by atoms with Gasteiger partial charge in [0.1, 0.15) is 18.2 Å². The molecule has 0 aromatic carbocycles. The Balaban J connectivity index is 1.85. The molecule has 2 rings (SSSR count). The number of hydrogen-bond acceptors (Lipinski definition) is 7. The number of alkyl carbamates (subject to hydrolysis) is 1. The van der Waals surface area contributed by atoms with Crippen LogP contribution in [0.25, 0.3) is 0 Å². The lowest BCUT2D eigenvalue weighted by molar-refractivity contribution is 0.122. The summed E-state index contributed by atoms with van der Waals surface area (Å²) in [6.07, 6.45) is -0.445. The predicted octanol–water partition coefficient (Wildman–Crippen LogP) is 0.747. The van der Waals surface area contributed by atoms with Crippen molar-refractivity contribution in [2.45, 2.75) is 13.8 Å². The summed E-state index contributed by atoms with van der Waals surface area (Å²) in [6.45, 7) is 7.61. The molecule has 1 N–H and O–H groups in total. The molecule has 1 aromatic heterocycles. The normalized spacial score (nSPS) is 14.5. The minimum absolute atomic E-state index is 0.317. The van der Waals surface area contributed by atoms with Crippen molar-refractivity contribution in [1.29, 1.82) is 0 Å². The molecule has 0 unspecified atom stereocenters. The third-order valence-electron chi connectivity index (χ3n) is 3.03. The van der Waals surface area contributed by atoms with Crippen molar-refractivity contribution >= 4 is 11.9 Å². The number of nitrogens with zero attached hydrogens (tertiary/aromatic N) is 3. The van der Waals surface area contributed by atoms with Crippen molar-refractivity contribution in [2.24, 2.45) is 0 Å². The Hall–Kier alpha value is -2.09. The van der Waals surface area contributed by atoms with E-state index in [1.807, 2.05) is 13.0 Å². The van der Waals surface area contributed by atoms with Gasteiger partial charge in [-0.05, 0) is 13.8 Å². The molecule has 0 saturated carbocycles. The summed E-state index contributed by atoms with van der Waals surface area (Å²) in [6, 6.07) is 1.81. The number of carbonyl (C=O) groups excluding carboxylic acids is 1. The molecular formula is C14H22N4O4. The number of ether oxygens (including phenoxy) is 3. The molecule has 8 heteroatoms. The van der Waals surface area contributed by atoms with Crippen molar-refractivity contribution in [1.82, 2.24) is 15.3 Å². The van der Waals surface area contributed by atoms with Gasteiger partial charge >= 0.3 is 6.09 Å². The highest BCUT2D eigenvalue weighted by Crippen LogP contribution is 2.18. The van der Waals surface area contributed by atoms with Crippen LogP contribution in [-0.4, -0.2) is 62.1 Å². The van der Waals surface area contributed by atoms with Gasteiger partial charge in [0.15, 0.2) is 0 Å². The van der Waals surface area contributed by atoms with E-state index in [1.165, 1.54) is 0 Å². The fourth-order valence-corrected chi connectivity index (χ4v) is 2.04. The molecular weight excluding hydrogens is 288 g/mol. The highest BCUT2D eigenvalue weighted by atomic mass is 16.5. The third kappa shape index (κ3) is 5.03. The maximum absolute atomic E-state index is 11.1. The number of rotatable bonds is 6. The SMILES string of the molecule is CCOC(=O)NCCOc1cc(N2CCOCC2)nc(C)n1. The summed E-state index contributed by atoms with van der Waals surface area (Å²) in [5.74, 6) is 1.99. The molecule has 22 heavy (non-hydrogen) atoms. The van der Waals surface area contributed by atoms with E-state index in [-0.39, 0.29) is 0 Å².